The third kappa shape index (κ3) is 1.99. The molecule has 84 valence electrons. The fraction of sp³-hybridized carbons (Fsp3) is 0.467. The van der Waals surface area contributed by atoms with Crippen LogP contribution in [-0.2, 0) is 18.4 Å². The average Bonchev–Trinajstić information content (AvgIpc) is 2.26. The Bertz CT molecular complexity index is 444. The molecule has 0 atom stereocenters. The first-order valence-electron chi connectivity index (χ1n) is 5.86. The second kappa shape index (κ2) is 3.96. The molecule has 0 radical (unpaired) electrons. The van der Waals surface area contributed by atoms with Crippen molar-refractivity contribution in [2.24, 2.45) is 0 Å². The van der Waals surface area contributed by atoms with Crippen LogP contribution in [0.25, 0.3) is 0 Å². The molecule has 2 rings (SSSR count). The van der Waals surface area contributed by atoms with Crippen molar-refractivity contribution in [1.29, 1.82) is 0 Å². The maximum Gasteiger partial charge on any atom is 0.0248 e. The SMILES string of the molecule is C#Cc1cc2c(c(C(C)(C)C)c1)CNCC2. The summed E-state index contributed by atoms with van der Waals surface area (Å²) in [5.41, 5.74) is 5.46. The summed E-state index contributed by atoms with van der Waals surface area (Å²) >= 11 is 0. The molecule has 1 heteroatoms. The summed E-state index contributed by atoms with van der Waals surface area (Å²) in [5, 5.41) is 3.44. The highest BCUT2D eigenvalue weighted by Gasteiger charge is 2.22. The van der Waals surface area contributed by atoms with Crippen molar-refractivity contribution in [1.82, 2.24) is 5.32 Å². The van der Waals surface area contributed by atoms with Crippen LogP contribution in [0.5, 0.6) is 0 Å². The molecule has 1 aliphatic rings. The van der Waals surface area contributed by atoms with Crippen molar-refractivity contribution in [2.75, 3.05) is 6.54 Å². The summed E-state index contributed by atoms with van der Waals surface area (Å²) in [5.74, 6) is 2.77. The highest BCUT2D eigenvalue weighted by Crippen LogP contribution is 2.30. The summed E-state index contributed by atoms with van der Waals surface area (Å²) in [6.07, 6.45) is 6.62. The fourth-order valence-corrected chi connectivity index (χ4v) is 2.35. The van der Waals surface area contributed by atoms with Gasteiger partial charge in [-0.05, 0) is 47.2 Å². The van der Waals surface area contributed by atoms with Gasteiger partial charge in [0.1, 0.15) is 0 Å². The Morgan fingerprint density at radius 1 is 1.31 bits per heavy atom. The third-order valence-corrected chi connectivity index (χ3v) is 3.19. The number of rotatable bonds is 0. The fourth-order valence-electron chi connectivity index (χ4n) is 2.35. The van der Waals surface area contributed by atoms with E-state index in [1.54, 1.807) is 0 Å². The van der Waals surface area contributed by atoms with Crippen LogP contribution in [0.3, 0.4) is 0 Å². The predicted octanol–water partition coefficient (Wildman–Crippen LogP) is 2.61. The van der Waals surface area contributed by atoms with Gasteiger partial charge in [0.15, 0.2) is 0 Å². The van der Waals surface area contributed by atoms with Crippen LogP contribution in [-0.4, -0.2) is 6.54 Å². The zero-order valence-electron chi connectivity index (χ0n) is 10.4. The Labute approximate surface area is 98.3 Å². The van der Waals surface area contributed by atoms with Crippen molar-refractivity contribution in [3.63, 3.8) is 0 Å². The van der Waals surface area contributed by atoms with Crippen LogP contribution in [0.15, 0.2) is 12.1 Å². The number of nitrogens with one attached hydrogen (secondary N) is 1. The zero-order valence-corrected chi connectivity index (χ0v) is 10.4. The van der Waals surface area contributed by atoms with Crippen LogP contribution in [0.4, 0.5) is 0 Å². The predicted molar refractivity (Wildman–Crippen MR) is 68.5 cm³/mol. The topological polar surface area (TPSA) is 12.0 Å². The first-order valence-corrected chi connectivity index (χ1v) is 5.86. The van der Waals surface area contributed by atoms with Gasteiger partial charge < -0.3 is 5.32 Å². The van der Waals surface area contributed by atoms with Gasteiger partial charge in [-0.25, -0.2) is 0 Å². The van der Waals surface area contributed by atoms with E-state index in [1.807, 2.05) is 0 Å². The van der Waals surface area contributed by atoms with Gasteiger partial charge in [0.25, 0.3) is 0 Å². The lowest BCUT2D eigenvalue weighted by atomic mass is 9.79. The summed E-state index contributed by atoms with van der Waals surface area (Å²) < 4.78 is 0. The molecule has 0 spiro atoms. The average molecular weight is 213 g/mol. The second-order valence-electron chi connectivity index (χ2n) is 5.48. The molecular formula is C15H19N. The Morgan fingerprint density at radius 3 is 2.69 bits per heavy atom. The van der Waals surface area contributed by atoms with Crippen LogP contribution in [0, 0.1) is 12.3 Å². The van der Waals surface area contributed by atoms with E-state index in [0.717, 1.165) is 25.1 Å². The van der Waals surface area contributed by atoms with E-state index in [2.05, 4.69) is 44.1 Å². The van der Waals surface area contributed by atoms with E-state index >= 15 is 0 Å². The molecule has 0 saturated carbocycles. The van der Waals surface area contributed by atoms with Crippen molar-refractivity contribution in [2.45, 2.75) is 39.2 Å². The lowest BCUT2D eigenvalue weighted by Crippen LogP contribution is -2.27. The van der Waals surface area contributed by atoms with Gasteiger partial charge in [-0.15, -0.1) is 6.42 Å². The van der Waals surface area contributed by atoms with Crippen LogP contribution in [0.1, 0.15) is 43.0 Å². The van der Waals surface area contributed by atoms with Crippen molar-refractivity contribution < 1.29 is 0 Å². The van der Waals surface area contributed by atoms with Gasteiger partial charge in [0.05, 0.1) is 0 Å². The molecule has 1 aromatic carbocycles. The van der Waals surface area contributed by atoms with E-state index < -0.39 is 0 Å². The number of terminal acetylenes is 1. The molecular weight excluding hydrogens is 194 g/mol. The quantitative estimate of drug-likeness (QED) is 0.653. The maximum absolute atomic E-state index is 5.53. The lowest BCUT2D eigenvalue weighted by molar-refractivity contribution is 0.559. The van der Waals surface area contributed by atoms with Crippen molar-refractivity contribution in [3.05, 3.63) is 34.4 Å². The molecule has 1 heterocycles. The minimum absolute atomic E-state index is 0.163. The smallest absolute Gasteiger partial charge is 0.0248 e. The number of hydrogen-bond donors (Lipinski definition) is 1. The Morgan fingerprint density at radius 2 is 2.06 bits per heavy atom. The highest BCUT2D eigenvalue weighted by atomic mass is 14.9. The van der Waals surface area contributed by atoms with E-state index in [9.17, 15) is 0 Å². The number of benzene rings is 1. The normalized spacial score (nSPS) is 15.4. The van der Waals surface area contributed by atoms with Crippen molar-refractivity contribution in [3.8, 4) is 12.3 Å². The van der Waals surface area contributed by atoms with E-state index in [4.69, 9.17) is 6.42 Å². The molecule has 0 aliphatic carbocycles. The molecule has 16 heavy (non-hydrogen) atoms. The molecule has 1 nitrogen and oxygen atoms in total. The van der Waals surface area contributed by atoms with Gasteiger partial charge in [0.2, 0.25) is 0 Å². The van der Waals surface area contributed by atoms with E-state index in [0.29, 0.717) is 0 Å². The number of fused-ring (bicyclic) bond motifs is 1. The van der Waals surface area contributed by atoms with E-state index in [-0.39, 0.29) is 5.41 Å². The summed E-state index contributed by atoms with van der Waals surface area (Å²) in [7, 11) is 0. The molecule has 1 aromatic rings. The summed E-state index contributed by atoms with van der Waals surface area (Å²) in [4.78, 5) is 0. The molecule has 1 N–H and O–H groups in total. The van der Waals surface area contributed by atoms with Crippen LogP contribution < -0.4 is 5.32 Å². The first kappa shape index (κ1) is 11.2. The zero-order chi connectivity index (χ0) is 11.8. The maximum atomic E-state index is 5.53. The Balaban J connectivity index is 2.62. The minimum Gasteiger partial charge on any atom is -0.312 e. The molecule has 0 aromatic heterocycles. The molecule has 0 unspecified atom stereocenters. The molecule has 0 saturated heterocycles. The molecule has 0 fully saturated rings. The first-order chi connectivity index (χ1) is 7.52. The van der Waals surface area contributed by atoms with Gasteiger partial charge in [-0.3, -0.25) is 0 Å². The monoisotopic (exact) mass is 213 g/mol. The summed E-state index contributed by atoms with van der Waals surface area (Å²) in [6.45, 7) is 8.78. The lowest BCUT2D eigenvalue weighted by Gasteiger charge is -2.28. The standard InChI is InChI=1S/C15H19N/c1-5-11-8-12-6-7-16-10-13(12)14(9-11)15(2,3)4/h1,8-9,16H,6-7,10H2,2-4H3. The van der Waals surface area contributed by atoms with Gasteiger partial charge in [-0.1, -0.05) is 26.7 Å². The highest BCUT2D eigenvalue weighted by molar-refractivity contribution is 5.48. The Kier molecular flexibility index (Phi) is 2.78. The number of hydrogen-bond acceptors (Lipinski definition) is 1. The Hall–Kier alpha value is -1.26. The molecule has 1 aliphatic heterocycles. The molecule has 0 amide bonds. The summed E-state index contributed by atoms with van der Waals surface area (Å²) in [6, 6.07) is 4.34. The largest absolute Gasteiger partial charge is 0.312 e. The minimum atomic E-state index is 0.163. The van der Waals surface area contributed by atoms with Gasteiger partial charge in [0, 0.05) is 12.1 Å². The third-order valence-electron chi connectivity index (χ3n) is 3.19. The van der Waals surface area contributed by atoms with Gasteiger partial charge in [-0.2, -0.15) is 0 Å². The second-order valence-corrected chi connectivity index (χ2v) is 5.48. The van der Waals surface area contributed by atoms with E-state index in [1.165, 1.54) is 16.7 Å². The van der Waals surface area contributed by atoms with Crippen LogP contribution >= 0.6 is 0 Å². The van der Waals surface area contributed by atoms with Crippen LogP contribution in [0.2, 0.25) is 0 Å². The van der Waals surface area contributed by atoms with Gasteiger partial charge >= 0.3 is 0 Å². The molecule has 0 bridgehead atoms. The van der Waals surface area contributed by atoms with Crippen molar-refractivity contribution >= 4 is 0 Å².